The SMILES string of the molecule is CC1(C)Oc2ccccc2C1NCCNS(C)(=O)=O. The quantitative estimate of drug-likeness (QED) is 0.793. The summed E-state index contributed by atoms with van der Waals surface area (Å²) in [5.74, 6) is 0.890. The molecule has 1 aliphatic rings. The van der Waals surface area contributed by atoms with E-state index in [1.165, 1.54) is 0 Å². The second-order valence-corrected chi connectivity index (χ2v) is 7.13. The number of rotatable bonds is 5. The Morgan fingerprint density at radius 3 is 2.63 bits per heavy atom. The molecule has 1 aromatic rings. The van der Waals surface area contributed by atoms with E-state index in [9.17, 15) is 8.42 Å². The normalized spacial score (nSPS) is 20.9. The van der Waals surface area contributed by atoms with Crippen LogP contribution in [0.4, 0.5) is 0 Å². The number of hydrogen-bond acceptors (Lipinski definition) is 4. The fourth-order valence-electron chi connectivity index (χ4n) is 2.34. The summed E-state index contributed by atoms with van der Waals surface area (Å²) in [4.78, 5) is 0. The molecule has 0 bridgehead atoms. The first-order valence-corrected chi connectivity index (χ1v) is 8.15. The molecule has 0 aromatic heterocycles. The van der Waals surface area contributed by atoms with E-state index in [4.69, 9.17) is 4.74 Å². The van der Waals surface area contributed by atoms with Gasteiger partial charge in [0.1, 0.15) is 11.4 Å². The van der Waals surface area contributed by atoms with Crippen LogP contribution in [0, 0.1) is 0 Å². The lowest BCUT2D eigenvalue weighted by atomic mass is 9.94. The van der Waals surface area contributed by atoms with Crippen LogP contribution in [-0.4, -0.2) is 33.4 Å². The summed E-state index contributed by atoms with van der Waals surface area (Å²) < 4.78 is 30.3. The predicted octanol–water partition coefficient (Wildman–Crippen LogP) is 1.04. The van der Waals surface area contributed by atoms with Gasteiger partial charge in [0.25, 0.3) is 0 Å². The average molecular weight is 284 g/mol. The van der Waals surface area contributed by atoms with E-state index in [2.05, 4.69) is 10.0 Å². The number of ether oxygens (including phenoxy) is 1. The van der Waals surface area contributed by atoms with E-state index < -0.39 is 10.0 Å². The molecular formula is C13H20N2O3S. The maximum atomic E-state index is 11.0. The van der Waals surface area contributed by atoms with Crippen LogP contribution >= 0.6 is 0 Å². The van der Waals surface area contributed by atoms with Crippen molar-refractivity contribution in [1.29, 1.82) is 0 Å². The number of nitrogens with one attached hydrogen (secondary N) is 2. The van der Waals surface area contributed by atoms with Gasteiger partial charge >= 0.3 is 0 Å². The number of para-hydroxylation sites is 1. The molecule has 0 amide bonds. The third kappa shape index (κ3) is 3.46. The Morgan fingerprint density at radius 2 is 1.95 bits per heavy atom. The first-order valence-electron chi connectivity index (χ1n) is 6.25. The molecule has 0 radical (unpaired) electrons. The smallest absolute Gasteiger partial charge is 0.208 e. The lowest BCUT2D eigenvalue weighted by Gasteiger charge is -2.27. The molecule has 0 aliphatic carbocycles. The zero-order valence-electron chi connectivity index (χ0n) is 11.4. The highest BCUT2D eigenvalue weighted by Gasteiger charge is 2.40. The van der Waals surface area contributed by atoms with Crippen LogP contribution in [0.15, 0.2) is 24.3 Å². The number of fused-ring (bicyclic) bond motifs is 1. The Morgan fingerprint density at radius 1 is 1.26 bits per heavy atom. The van der Waals surface area contributed by atoms with Crippen LogP contribution in [-0.2, 0) is 10.0 Å². The van der Waals surface area contributed by atoms with Crippen molar-refractivity contribution in [3.63, 3.8) is 0 Å². The van der Waals surface area contributed by atoms with E-state index in [1.807, 2.05) is 38.1 Å². The molecule has 0 spiro atoms. The molecular weight excluding hydrogens is 264 g/mol. The monoisotopic (exact) mass is 284 g/mol. The van der Waals surface area contributed by atoms with Crippen LogP contribution in [0.2, 0.25) is 0 Å². The van der Waals surface area contributed by atoms with E-state index >= 15 is 0 Å². The van der Waals surface area contributed by atoms with Crippen LogP contribution < -0.4 is 14.8 Å². The largest absolute Gasteiger partial charge is 0.486 e. The van der Waals surface area contributed by atoms with Gasteiger partial charge in [0, 0.05) is 18.7 Å². The van der Waals surface area contributed by atoms with Gasteiger partial charge in [-0.15, -0.1) is 0 Å². The van der Waals surface area contributed by atoms with Gasteiger partial charge in [-0.25, -0.2) is 13.1 Å². The van der Waals surface area contributed by atoms with Crippen molar-refractivity contribution >= 4 is 10.0 Å². The van der Waals surface area contributed by atoms with Crippen LogP contribution in [0.3, 0.4) is 0 Å². The highest BCUT2D eigenvalue weighted by Crippen LogP contribution is 2.42. The van der Waals surface area contributed by atoms with Gasteiger partial charge in [0.05, 0.1) is 12.3 Å². The summed E-state index contributed by atoms with van der Waals surface area (Å²) in [6.45, 7) is 4.97. The number of sulfonamides is 1. The Labute approximate surface area is 114 Å². The van der Waals surface area contributed by atoms with Gasteiger partial charge < -0.3 is 10.1 Å². The van der Waals surface area contributed by atoms with Crippen LogP contribution in [0.25, 0.3) is 0 Å². The summed E-state index contributed by atoms with van der Waals surface area (Å²) >= 11 is 0. The zero-order chi connectivity index (χ0) is 14.1. The third-order valence-electron chi connectivity index (χ3n) is 3.14. The molecule has 5 nitrogen and oxygen atoms in total. The molecule has 2 N–H and O–H groups in total. The molecule has 0 saturated carbocycles. The van der Waals surface area contributed by atoms with E-state index in [0.29, 0.717) is 13.1 Å². The van der Waals surface area contributed by atoms with Gasteiger partial charge in [0.15, 0.2) is 0 Å². The Balaban J connectivity index is 1.99. The predicted molar refractivity (Wildman–Crippen MR) is 74.7 cm³/mol. The molecule has 19 heavy (non-hydrogen) atoms. The van der Waals surface area contributed by atoms with E-state index in [1.54, 1.807) is 0 Å². The summed E-state index contributed by atoms with van der Waals surface area (Å²) in [6.07, 6.45) is 1.16. The van der Waals surface area contributed by atoms with Crippen LogP contribution in [0.5, 0.6) is 5.75 Å². The maximum absolute atomic E-state index is 11.0. The molecule has 2 rings (SSSR count). The van der Waals surface area contributed by atoms with Gasteiger partial charge in [-0.1, -0.05) is 18.2 Å². The van der Waals surface area contributed by atoms with E-state index in [0.717, 1.165) is 17.6 Å². The Kier molecular flexibility index (Phi) is 3.85. The van der Waals surface area contributed by atoms with E-state index in [-0.39, 0.29) is 11.6 Å². The molecule has 106 valence electrons. The van der Waals surface area contributed by atoms with Crippen molar-refractivity contribution < 1.29 is 13.2 Å². The van der Waals surface area contributed by atoms with Crippen molar-refractivity contribution in [2.75, 3.05) is 19.3 Å². The highest BCUT2D eigenvalue weighted by atomic mass is 32.2. The highest BCUT2D eigenvalue weighted by molar-refractivity contribution is 7.88. The molecule has 1 atom stereocenters. The average Bonchev–Trinajstić information content (AvgIpc) is 2.53. The van der Waals surface area contributed by atoms with Gasteiger partial charge in [0.2, 0.25) is 10.0 Å². The fraction of sp³-hybridized carbons (Fsp3) is 0.538. The number of hydrogen-bond donors (Lipinski definition) is 2. The second kappa shape index (κ2) is 5.11. The van der Waals surface area contributed by atoms with Crippen molar-refractivity contribution in [2.24, 2.45) is 0 Å². The molecule has 6 heteroatoms. The lowest BCUT2D eigenvalue weighted by Crippen LogP contribution is -2.42. The molecule has 0 fully saturated rings. The van der Waals surface area contributed by atoms with Crippen LogP contribution in [0.1, 0.15) is 25.5 Å². The number of benzene rings is 1. The fourth-order valence-corrected chi connectivity index (χ4v) is 2.81. The van der Waals surface area contributed by atoms with Gasteiger partial charge in [-0.2, -0.15) is 0 Å². The minimum atomic E-state index is -3.13. The second-order valence-electron chi connectivity index (χ2n) is 5.30. The first kappa shape index (κ1) is 14.3. The minimum Gasteiger partial charge on any atom is -0.486 e. The Bertz CT molecular complexity index is 555. The zero-order valence-corrected chi connectivity index (χ0v) is 12.3. The maximum Gasteiger partial charge on any atom is 0.208 e. The molecule has 0 saturated heterocycles. The van der Waals surface area contributed by atoms with Crippen molar-refractivity contribution in [3.8, 4) is 5.75 Å². The van der Waals surface area contributed by atoms with Crippen molar-refractivity contribution in [1.82, 2.24) is 10.0 Å². The third-order valence-corrected chi connectivity index (χ3v) is 3.86. The summed E-state index contributed by atoms with van der Waals surface area (Å²) in [5.41, 5.74) is 0.779. The standard InChI is InChI=1S/C13H20N2O3S/c1-13(2)12(14-8-9-15-19(3,16)17)10-6-4-5-7-11(10)18-13/h4-7,12,14-15H,8-9H2,1-3H3. The van der Waals surface area contributed by atoms with Gasteiger partial charge in [-0.3, -0.25) is 0 Å². The van der Waals surface area contributed by atoms with Gasteiger partial charge in [-0.05, 0) is 19.9 Å². The van der Waals surface area contributed by atoms with Crippen molar-refractivity contribution in [2.45, 2.75) is 25.5 Å². The summed E-state index contributed by atoms with van der Waals surface area (Å²) in [6, 6.07) is 7.97. The molecule has 1 aromatic carbocycles. The first-order chi connectivity index (χ1) is 8.80. The topological polar surface area (TPSA) is 67.4 Å². The molecule has 1 heterocycles. The summed E-state index contributed by atoms with van der Waals surface area (Å²) in [7, 11) is -3.13. The lowest BCUT2D eigenvalue weighted by molar-refractivity contribution is 0.0969. The molecule has 1 aliphatic heterocycles. The minimum absolute atomic E-state index is 0.0602. The van der Waals surface area contributed by atoms with Crippen molar-refractivity contribution in [3.05, 3.63) is 29.8 Å². The molecule has 1 unspecified atom stereocenters. The summed E-state index contributed by atoms with van der Waals surface area (Å²) in [5, 5.41) is 3.35. The Hall–Kier alpha value is -1.11.